The van der Waals surface area contributed by atoms with Crippen LogP contribution in [0, 0.1) is 0 Å². The van der Waals surface area contributed by atoms with Gasteiger partial charge in [0.05, 0.1) is 0 Å². The van der Waals surface area contributed by atoms with Crippen LogP contribution in [0.4, 0.5) is 0 Å². The van der Waals surface area contributed by atoms with Crippen molar-refractivity contribution in [3.8, 4) is 0 Å². The van der Waals surface area contributed by atoms with E-state index in [0.717, 1.165) is 0 Å². The van der Waals surface area contributed by atoms with Crippen molar-refractivity contribution >= 4 is 28.3 Å². The Morgan fingerprint density at radius 3 is 0.545 bits per heavy atom. The second-order valence-corrected chi connectivity index (χ2v) is 1.62. The zero-order valence-electron chi connectivity index (χ0n) is 12.8. The molecule has 0 spiro atoms. The molecule has 16 heteroatoms. The average molecular weight is 937 g/mol. The van der Waals surface area contributed by atoms with Crippen LogP contribution in [-0.4, -0.2) is 24.5 Å². The van der Waals surface area contributed by atoms with Gasteiger partial charge in [0.25, 0.3) is 0 Å². The number of nitrogens with two attached hydrogens (primary N) is 9. The van der Waals surface area contributed by atoms with Gasteiger partial charge in [-0.2, -0.15) is 0 Å². The third-order valence-corrected chi connectivity index (χ3v) is 1.34. The molecule has 0 bridgehead atoms. The maximum Gasteiger partial charge on any atom is -0.693 e. The summed E-state index contributed by atoms with van der Waals surface area (Å²) in [6.07, 6.45) is 0. The zero-order chi connectivity index (χ0) is 11.7. The molecule has 0 aliphatic heterocycles. The molecule has 0 rings (SSSR count). The molecule has 10 nitrogen and oxygen atoms in total. The fraction of sp³-hybridized carbons (Fsp3) is 1.00. The first-order valence-corrected chi connectivity index (χ1v) is 11.9. The largest absolute Gasteiger partial charge is 0.693 e. The monoisotopic (exact) mass is 935 g/mol. The second-order valence-electron chi connectivity index (χ2n) is 1.62. The Labute approximate surface area is 183 Å². The van der Waals surface area contributed by atoms with Crippen LogP contribution in [-0.2, 0) is 56.3 Å². The zero-order valence-corrected chi connectivity index (χ0v) is 21.9. The van der Waals surface area contributed by atoms with Crippen molar-refractivity contribution in [1.82, 2.24) is 4.90 Å². The molecule has 0 aliphatic rings. The smallest absolute Gasteiger partial charge is 0.693 e. The van der Waals surface area contributed by atoms with Gasteiger partial charge in [0, 0.05) is 0 Å². The quantitative estimate of drug-likeness (QED) is 0.262. The Morgan fingerprint density at radius 1 is 0.455 bits per heavy atom. The van der Waals surface area contributed by atoms with Crippen LogP contribution in [0.5, 0.6) is 0 Å². The summed E-state index contributed by atoms with van der Waals surface area (Å²) in [5.41, 5.74) is 0. The molecular weight excluding hydrogens is 904 g/mol. The van der Waals surface area contributed by atoms with Crippen LogP contribution in [0.3, 0.4) is 0 Å². The van der Waals surface area contributed by atoms with Crippen LogP contribution < -0.4 is 0 Å². The van der Waals surface area contributed by atoms with Gasteiger partial charge in [-0.3, -0.25) is 0 Å². The van der Waals surface area contributed by atoms with Crippen LogP contribution in [0.2, 0.25) is 0 Å². The van der Waals surface area contributed by atoms with E-state index < -0.39 is 0 Å². The number of hydrogen-bond donors (Lipinski definition) is 0. The molecular formula is C6H33Cl3N10Pt3-9. The average Bonchev–Trinajstić information content (AvgIpc) is 2.29. The fourth-order valence-electron chi connectivity index (χ4n) is 0.671. The van der Waals surface area contributed by atoms with E-state index in [2.05, 4.69) is 53.9 Å². The predicted molar refractivity (Wildman–Crippen MR) is 98.6 cm³/mol. The van der Waals surface area contributed by atoms with E-state index in [0.29, 0.717) is 0 Å². The third kappa shape index (κ3) is 143. The van der Waals surface area contributed by atoms with Crippen molar-refractivity contribution in [3.05, 3.63) is 55.4 Å². The summed E-state index contributed by atoms with van der Waals surface area (Å²) in [6, 6.07) is 0. The van der Waals surface area contributed by atoms with E-state index >= 15 is 0 Å². The van der Waals surface area contributed by atoms with Gasteiger partial charge >= 0.3 is 84.6 Å². The standard InChI is InChI=1S/C6H15N.3ClH.9H2N.3Pt/c1-4-7(5-2)6-3;;;;;;;;;;;;;;;/h4-6H2,1-3H3;3*1H;9*1H2;;;/q;;;;9*-1;3*+1/p-3. The minimum absolute atomic E-state index is 0. The van der Waals surface area contributed by atoms with Crippen molar-refractivity contribution in [1.29, 1.82) is 0 Å². The van der Waals surface area contributed by atoms with Gasteiger partial charge in [-0.15, -0.1) is 0 Å². The first-order chi connectivity index (χ1) is 6.35. The number of hydrogen-bond acceptors (Lipinski definition) is 1. The Balaban J connectivity index is -0.00000000450. The van der Waals surface area contributed by atoms with Crippen molar-refractivity contribution in [2.75, 3.05) is 19.6 Å². The normalized spacial score (nSPS) is 4.23. The Hall–Kier alpha value is 2.53. The van der Waals surface area contributed by atoms with Crippen LogP contribution in [0.25, 0.3) is 55.4 Å². The van der Waals surface area contributed by atoms with Gasteiger partial charge in [0.1, 0.15) is 0 Å². The molecule has 0 saturated carbocycles. The first kappa shape index (κ1) is 102. The molecule has 0 amide bonds. The SMILES string of the molecule is CCN(CC)CC.[Cl][Pt].[Cl][Pt].[Cl][Pt].[NH2-].[NH2-].[NH2-].[NH2-].[NH2-].[NH2-].[NH2-].[NH2-].[NH2-]. The van der Waals surface area contributed by atoms with Crippen molar-refractivity contribution in [2.24, 2.45) is 0 Å². The molecule has 0 saturated heterocycles. The van der Waals surface area contributed by atoms with Gasteiger partial charge in [-0.25, -0.2) is 0 Å². The van der Waals surface area contributed by atoms with Gasteiger partial charge in [-0.05, 0) is 19.6 Å². The van der Waals surface area contributed by atoms with Crippen LogP contribution >= 0.6 is 28.3 Å². The molecule has 0 radical (unpaired) electrons. The van der Waals surface area contributed by atoms with E-state index in [1.54, 1.807) is 56.3 Å². The second kappa shape index (κ2) is 164. The van der Waals surface area contributed by atoms with Crippen molar-refractivity contribution in [3.63, 3.8) is 0 Å². The molecule has 22 heavy (non-hydrogen) atoms. The Morgan fingerprint density at radius 2 is 0.545 bits per heavy atom. The molecule has 0 aromatic rings. The summed E-state index contributed by atoms with van der Waals surface area (Å²) < 4.78 is 0. The minimum Gasteiger partial charge on any atom is -0.693 e. The Bertz CT molecular complexity index is 61.4. The molecule has 0 aromatic heterocycles. The summed E-state index contributed by atoms with van der Waals surface area (Å²) in [7, 11) is 13.8. The molecule has 167 valence electrons. The van der Waals surface area contributed by atoms with Gasteiger partial charge in [-0.1, -0.05) is 20.8 Å². The topological polar surface area (TPSA) is 305 Å². The molecule has 0 aliphatic carbocycles. The third-order valence-electron chi connectivity index (χ3n) is 1.34. The van der Waals surface area contributed by atoms with Gasteiger partial charge in [0.15, 0.2) is 0 Å². The van der Waals surface area contributed by atoms with Crippen LogP contribution in [0.15, 0.2) is 0 Å². The van der Waals surface area contributed by atoms with Crippen molar-refractivity contribution < 1.29 is 56.3 Å². The number of nitrogens with zero attached hydrogens (tertiary/aromatic N) is 1. The number of rotatable bonds is 3. The Kier molecular flexibility index (Phi) is 762. The molecule has 0 aromatic carbocycles. The minimum atomic E-state index is 0. The molecule has 0 fully saturated rings. The summed E-state index contributed by atoms with van der Waals surface area (Å²) in [5.74, 6) is 0. The van der Waals surface area contributed by atoms with E-state index in [4.69, 9.17) is 0 Å². The molecule has 0 heterocycles. The molecule has 0 unspecified atom stereocenters. The van der Waals surface area contributed by atoms with E-state index in [9.17, 15) is 0 Å². The maximum absolute atomic E-state index is 4.61. The first-order valence-electron chi connectivity index (χ1n) is 3.43. The van der Waals surface area contributed by atoms with Gasteiger partial charge in [0.2, 0.25) is 0 Å². The summed E-state index contributed by atoms with van der Waals surface area (Å²) in [5, 5.41) is 0. The predicted octanol–water partition coefficient (Wildman–Crippen LogP) is 9.86. The summed E-state index contributed by atoms with van der Waals surface area (Å²) in [6.45, 7) is 10.1. The maximum atomic E-state index is 4.61. The number of halogens is 3. The summed E-state index contributed by atoms with van der Waals surface area (Å²) in [4.78, 5) is 2.38. The van der Waals surface area contributed by atoms with E-state index in [1.807, 2.05) is 0 Å². The van der Waals surface area contributed by atoms with E-state index in [-0.39, 0.29) is 55.4 Å². The summed E-state index contributed by atoms with van der Waals surface area (Å²) >= 11 is 4.83. The van der Waals surface area contributed by atoms with Crippen molar-refractivity contribution in [2.45, 2.75) is 20.8 Å². The molecule has 0 atom stereocenters. The molecule has 18 N–H and O–H groups in total. The fourth-order valence-corrected chi connectivity index (χ4v) is 0.671. The van der Waals surface area contributed by atoms with Crippen LogP contribution in [0.1, 0.15) is 20.8 Å². The van der Waals surface area contributed by atoms with Gasteiger partial charge < -0.3 is 60.3 Å². The van der Waals surface area contributed by atoms with E-state index in [1.165, 1.54) is 19.6 Å².